The van der Waals surface area contributed by atoms with E-state index in [4.69, 9.17) is 4.74 Å². The topological polar surface area (TPSA) is 37.4 Å². The number of hydrogen-bond donors (Lipinski definition) is 1. The summed E-state index contributed by atoms with van der Waals surface area (Å²) in [5, 5.41) is 3.46. The second-order valence-corrected chi connectivity index (χ2v) is 5.16. The molecule has 1 aromatic rings. The van der Waals surface area contributed by atoms with Crippen molar-refractivity contribution in [2.45, 2.75) is 39.3 Å². The van der Waals surface area contributed by atoms with Gasteiger partial charge in [0.15, 0.2) is 0 Å². The van der Waals surface area contributed by atoms with Crippen LogP contribution in [0.4, 0.5) is 5.69 Å². The average Bonchev–Trinajstić information content (AvgIpc) is 2.64. The lowest BCUT2D eigenvalue weighted by molar-refractivity contribution is 0.0821. The lowest BCUT2D eigenvalue weighted by Crippen LogP contribution is -2.31. The molecule has 2 rings (SSSR count). The van der Waals surface area contributed by atoms with Gasteiger partial charge in [0.2, 0.25) is 0 Å². The van der Waals surface area contributed by atoms with Gasteiger partial charge in [-0.25, -0.2) is 0 Å². The number of rotatable bonds is 5. The van der Waals surface area contributed by atoms with E-state index in [1.165, 1.54) is 11.3 Å². The molecule has 1 atom stereocenters. The molecule has 1 fully saturated rings. The molecular weight excluding hydrogens is 238 g/mol. The molecule has 0 aromatic carbocycles. The molecule has 0 bridgehead atoms. The van der Waals surface area contributed by atoms with Crippen molar-refractivity contribution in [2.75, 3.05) is 31.1 Å². The maximum absolute atomic E-state index is 5.72. The SMILES string of the molecule is CCCNCc1cnccc1N1CCCOC(C)C1. The van der Waals surface area contributed by atoms with E-state index < -0.39 is 0 Å². The standard InChI is InChI=1S/C15H25N3O/c1-3-6-16-10-14-11-17-7-5-15(14)18-8-4-9-19-13(2)12-18/h5,7,11,13,16H,3-4,6,8-10,12H2,1-2H3. The molecule has 0 aliphatic carbocycles. The lowest BCUT2D eigenvalue weighted by Gasteiger charge is -2.26. The summed E-state index contributed by atoms with van der Waals surface area (Å²) in [5.41, 5.74) is 2.58. The summed E-state index contributed by atoms with van der Waals surface area (Å²) >= 11 is 0. The van der Waals surface area contributed by atoms with Crippen molar-refractivity contribution in [3.8, 4) is 0 Å². The fraction of sp³-hybridized carbons (Fsp3) is 0.667. The van der Waals surface area contributed by atoms with E-state index in [1.807, 2.05) is 12.4 Å². The minimum absolute atomic E-state index is 0.298. The highest BCUT2D eigenvalue weighted by Crippen LogP contribution is 2.21. The summed E-state index contributed by atoms with van der Waals surface area (Å²) in [6, 6.07) is 2.13. The quantitative estimate of drug-likeness (QED) is 0.826. The maximum atomic E-state index is 5.72. The Morgan fingerprint density at radius 1 is 1.53 bits per heavy atom. The van der Waals surface area contributed by atoms with E-state index in [2.05, 4.69) is 35.1 Å². The molecule has 1 aromatic heterocycles. The Morgan fingerprint density at radius 3 is 3.26 bits per heavy atom. The van der Waals surface area contributed by atoms with Crippen molar-refractivity contribution in [3.05, 3.63) is 24.0 Å². The summed E-state index contributed by atoms with van der Waals surface area (Å²) in [4.78, 5) is 6.70. The van der Waals surface area contributed by atoms with Gasteiger partial charge in [0, 0.05) is 49.9 Å². The van der Waals surface area contributed by atoms with Gasteiger partial charge < -0.3 is 15.0 Å². The highest BCUT2D eigenvalue weighted by molar-refractivity contribution is 5.52. The van der Waals surface area contributed by atoms with Crippen molar-refractivity contribution < 1.29 is 4.74 Å². The third kappa shape index (κ3) is 4.18. The smallest absolute Gasteiger partial charge is 0.0721 e. The van der Waals surface area contributed by atoms with Crippen molar-refractivity contribution in [1.29, 1.82) is 0 Å². The van der Waals surface area contributed by atoms with Gasteiger partial charge in [0.25, 0.3) is 0 Å². The molecule has 4 nitrogen and oxygen atoms in total. The number of hydrogen-bond acceptors (Lipinski definition) is 4. The molecule has 0 radical (unpaired) electrons. The Hall–Kier alpha value is -1.13. The third-order valence-electron chi connectivity index (χ3n) is 3.41. The molecular formula is C15H25N3O. The van der Waals surface area contributed by atoms with Gasteiger partial charge in [-0.1, -0.05) is 6.92 Å². The first-order valence-electron chi connectivity index (χ1n) is 7.31. The summed E-state index contributed by atoms with van der Waals surface area (Å²) in [6.45, 7) is 9.17. The van der Waals surface area contributed by atoms with Crippen molar-refractivity contribution >= 4 is 5.69 Å². The van der Waals surface area contributed by atoms with Gasteiger partial charge in [0.1, 0.15) is 0 Å². The van der Waals surface area contributed by atoms with E-state index in [1.54, 1.807) is 0 Å². The van der Waals surface area contributed by atoms with E-state index in [-0.39, 0.29) is 0 Å². The molecule has 1 unspecified atom stereocenters. The second-order valence-electron chi connectivity index (χ2n) is 5.16. The van der Waals surface area contributed by atoms with Crippen molar-refractivity contribution in [1.82, 2.24) is 10.3 Å². The van der Waals surface area contributed by atoms with Crippen LogP contribution in [-0.2, 0) is 11.3 Å². The fourth-order valence-corrected chi connectivity index (χ4v) is 2.48. The predicted octanol–water partition coefficient (Wildman–Crippen LogP) is 2.20. The molecule has 1 N–H and O–H groups in total. The first-order chi connectivity index (χ1) is 9.31. The second kappa shape index (κ2) is 7.46. The molecule has 4 heteroatoms. The zero-order chi connectivity index (χ0) is 13.5. The van der Waals surface area contributed by atoms with Crippen LogP contribution in [0.3, 0.4) is 0 Å². The molecule has 0 spiro atoms. The van der Waals surface area contributed by atoms with Crippen LogP contribution in [0.1, 0.15) is 32.3 Å². The Bertz CT molecular complexity index is 383. The van der Waals surface area contributed by atoms with E-state index in [9.17, 15) is 0 Å². The zero-order valence-electron chi connectivity index (χ0n) is 12.1. The molecule has 19 heavy (non-hydrogen) atoms. The summed E-state index contributed by atoms with van der Waals surface area (Å²) in [5.74, 6) is 0. The Kier molecular flexibility index (Phi) is 5.61. The lowest BCUT2D eigenvalue weighted by atomic mass is 10.2. The maximum Gasteiger partial charge on any atom is 0.0721 e. The summed E-state index contributed by atoms with van der Waals surface area (Å²) < 4.78 is 5.72. The van der Waals surface area contributed by atoms with Crippen LogP contribution in [0.15, 0.2) is 18.5 Å². The van der Waals surface area contributed by atoms with Gasteiger partial charge in [-0.2, -0.15) is 0 Å². The van der Waals surface area contributed by atoms with Crippen LogP contribution in [0.25, 0.3) is 0 Å². The number of pyridine rings is 1. The van der Waals surface area contributed by atoms with Crippen LogP contribution in [-0.4, -0.2) is 37.3 Å². The Balaban J connectivity index is 2.08. The van der Waals surface area contributed by atoms with Crippen LogP contribution >= 0.6 is 0 Å². The minimum Gasteiger partial charge on any atom is -0.377 e. The van der Waals surface area contributed by atoms with Gasteiger partial charge in [0.05, 0.1) is 6.10 Å². The zero-order valence-corrected chi connectivity index (χ0v) is 12.1. The normalized spacial score (nSPS) is 20.3. The number of anilines is 1. The van der Waals surface area contributed by atoms with Gasteiger partial charge in [-0.05, 0) is 32.4 Å². The number of aromatic nitrogens is 1. The number of nitrogens with zero attached hydrogens (tertiary/aromatic N) is 2. The van der Waals surface area contributed by atoms with Crippen LogP contribution in [0, 0.1) is 0 Å². The third-order valence-corrected chi connectivity index (χ3v) is 3.41. The molecule has 0 saturated carbocycles. The first-order valence-corrected chi connectivity index (χ1v) is 7.31. The average molecular weight is 263 g/mol. The minimum atomic E-state index is 0.298. The van der Waals surface area contributed by atoms with Crippen LogP contribution < -0.4 is 10.2 Å². The van der Waals surface area contributed by atoms with Gasteiger partial charge in [-0.3, -0.25) is 4.98 Å². The monoisotopic (exact) mass is 263 g/mol. The summed E-state index contributed by atoms with van der Waals surface area (Å²) in [6.07, 6.45) is 6.41. The molecule has 1 saturated heterocycles. The van der Waals surface area contributed by atoms with Crippen molar-refractivity contribution in [3.63, 3.8) is 0 Å². The Labute approximate surface area is 116 Å². The molecule has 106 valence electrons. The van der Waals surface area contributed by atoms with E-state index in [0.29, 0.717) is 6.10 Å². The van der Waals surface area contributed by atoms with Crippen LogP contribution in [0.5, 0.6) is 0 Å². The largest absolute Gasteiger partial charge is 0.377 e. The van der Waals surface area contributed by atoms with Crippen LogP contribution in [0.2, 0.25) is 0 Å². The van der Waals surface area contributed by atoms with E-state index >= 15 is 0 Å². The van der Waals surface area contributed by atoms with Crippen molar-refractivity contribution in [2.24, 2.45) is 0 Å². The first kappa shape index (κ1) is 14.3. The highest BCUT2D eigenvalue weighted by Gasteiger charge is 2.17. The predicted molar refractivity (Wildman–Crippen MR) is 78.5 cm³/mol. The molecule has 2 heterocycles. The Morgan fingerprint density at radius 2 is 2.42 bits per heavy atom. The number of ether oxygens (including phenoxy) is 1. The number of nitrogens with one attached hydrogen (secondary N) is 1. The molecule has 1 aliphatic heterocycles. The highest BCUT2D eigenvalue weighted by atomic mass is 16.5. The molecule has 0 amide bonds. The van der Waals surface area contributed by atoms with E-state index in [0.717, 1.165) is 45.6 Å². The van der Waals surface area contributed by atoms with Gasteiger partial charge in [-0.15, -0.1) is 0 Å². The summed E-state index contributed by atoms with van der Waals surface area (Å²) in [7, 11) is 0. The van der Waals surface area contributed by atoms with Gasteiger partial charge >= 0.3 is 0 Å². The fourth-order valence-electron chi connectivity index (χ4n) is 2.48. The molecule has 1 aliphatic rings.